The van der Waals surface area contributed by atoms with Gasteiger partial charge in [0.1, 0.15) is 6.10 Å². The molecule has 2 bridgehead atoms. The van der Waals surface area contributed by atoms with Gasteiger partial charge in [-0.3, -0.25) is 4.79 Å². The second kappa shape index (κ2) is 6.20. The molecule has 0 amide bonds. The summed E-state index contributed by atoms with van der Waals surface area (Å²) in [5.74, 6) is 0.0169. The molecule has 0 saturated carbocycles. The van der Waals surface area contributed by atoms with Gasteiger partial charge in [0.25, 0.3) is 0 Å². The number of benzene rings is 2. The van der Waals surface area contributed by atoms with E-state index in [1.807, 2.05) is 54.6 Å². The molecule has 0 radical (unpaired) electrons. The zero-order valence-electron chi connectivity index (χ0n) is 14.4. The van der Waals surface area contributed by atoms with Crippen LogP contribution in [-0.4, -0.2) is 18.0 Å². The van der Waals surface area contributed by atoms with E-state index in [-0.39, 0.29) is 11.9 Å². The summed E-state index contributed by atoms with van der Waals surface area (Å²) in [6, 6.07) is 15.8. The van der Waals surface area contributed by atoms with E-state index in [1.165, 1.54) is 0 Å². The van der Waals surface area contributed by atoms with Gasteiger partial charge in [0.05, 0.1) is 11.5 Å². The Bertz CT molecular complexity index is 968. The molecule has 0 unspecified atom stereocenters. The Morgan fingerprint density at radius 3 is 2.07 bits per heavy atom. The fourth-order valence-corrected chi connectivity index (χ4v) is 4.82. The molecular formula is C23H16Cl2O2. The summed E-state index contributed by atoms with van der Waals surface area (Å²) < 4.78 is 6.33. The molecule has 5 rings (SSSR count). The van der Waals surface area contributed by atoms with Crippen molar-refractivity contribution >= 4 is 29.0 Å². The third kappa shape index (κ3) is 2.41. The molecular weight excluding hydrogens is 379 g/mol. The number of hydrogen-bond donors (Lipinski definition) is 0. The number of allylic oxidation sites excluding steroid dienone is 2. The minimum atomic E-state index is -0.550. The van der Waals surface area contributed by atoms with Crippen molar-refractivity contribution in [2.24, 2.45) is 0 Å². The molecule has 3 aliphatic rings. The first kappa shape index (κ1) is 17.0. The van der Waals surface area contributed by atoms with Gasteiger partial charge in [0, 0.05) is 10.0 Å². The Morgan fingerprint density at radius 2 is 1.48 bits per heavy atom. The summed E-state index contributed by atoms with van der Waals surface area (Å²) in [5, 5.41) is 1.37. The lowest BCUT2D eigenvalue weighted by atomic mass is 9.62. The number of carbonyl (C=O) groups excluding carboxylic acids is 1. The van der Waals surface area contributed by atoms with Crippen molar-refractivity contribution in [3.05, 3.63) is 105 Å². The maximum absolute atomic E-state index is 12.4. The van der Waals surface area contributed by atoms with Crippen molar-refractivity contribution in [2.45, 2.75) is 24.0 Å². The van der Waals surface area contributed by atoms with Gasteiger partial charge in [-0.1, -0.05) is 65.7 Å². The average molecular weight is 395 g/mol. The lowest BCUT2D eigenvalue weighted by molar-refractivity contribution is -0.130. The van der Waals surface area contributed by atoms with Crippen molar-refractivity contribution in [1.82, 2.24) is 0 Å². The lowest BCUT2D eigenvalue weighted by Crippen LogP contribution is -2.52. The molecule has 2 aromatic carbocycles. The van der Waals surface area contributed by atoms with Gasteiger partial charge in [0.15, 0.2) is 5.78 Å². The Kier molecular flexibility index (Phi) is 3.90. The van der Waals surface area contributed by atoms with Crippen LogP contribution >= 0.6 is 23.2 Å². The predicted molar refractivity (Wildman–Crippen MR) is 107 cm³/mol. The van der Waals surface area contributed by atoms with Gasteiger partial charge in [-0.15, -0.1) is 0 Å². The van der Waals surface area contributed by atoms with Crippen LogP contribution in [0.3, 0.4) is 0 Å². The molecule has 0 N–H and O–H groups in total. The van der Waals surface area contributed by atoms with Crippen LogP contribution in [0.4, 0.5) is 0 Å². The van der Waals surface area contributed by atoms with Crippen LogP contribution in [0.15, 0.2) is 84.0 Å². The maximum atomic E-state index is 12.4. The van der Waals surface area contributed by atoms with E-state index >= 15 is 0 Å². The molecule has 2 nitrogen and oxygen atoms in total. The summed E-state index contributed by atoms with van der Waals surface area (Å²) in [5.41, 5.74) is 3.80. The topological polar surface area (TPSA) is 26.3 Å². The Balaban J connectivity index is 1.85. The van der Waals surface area contributed by atoms with Crippen LogP contribution in [0, 0.1) is 0 Å². The fraction of sp³-hybridized carbons (Fsp3) is 0.174. The predicted octanol–water partition coefficient (Wildman–Crippen LogP) is 5.44. The normalized spacial score (nSPS) is 25.0. The molecule has 0 aromatic heterocycles. The van der Waals surface area contributed by atoms with E-state index in [9.17, 15) is 4.79 Å². The smallest absolute Gasteiger partial charge is 0.188 e. The molecule has 0 fully saturated rings. The van der Waals surface area contributed by atoms with E-state index in [2.05, 4.69) is 12.2 Å². The van der Waals surface area contributed by atoms with E-state index < -0.39 is 11.5 Å². The van der Waals surface area contributed by atoms with E-state index in [0.717, 1.165) is 28.7 Å². The van der Waals surface area contributed by atoms with Crippen LogP contribution in [0.25, 0.3) is 0 Å². The highest BCUT2D eigenvalue weighted by Gasteiger charge is 2.53. The largest absolute Gasteiger partial charge is 0.357 e. The molecule has 0 spiro atoms. The number of fused-ring (bicyclic) bond motifs is 3. The van der Waals surface area contributed by atoms with Gasteiger partial charge < -0.3 is 4.74 Å². The molecule has 1 aliphatic carbocycles. The maximum Gasteiger partial charge on any atom is 0.188 e. The van der Waals surface area contributed by atoms with Crippen molar-refractivity contribution in [2.75, 3.05) is 0 Å². The van der Waals surface area contributed by atoms with Gasteiger partial charge >= 0.3 is 0 Å². The Labute approximate surface area is 167 Å². The van der Waals surface area contributed by atoms with E-state index in [4.69, 9.17) is 27.9 Å². The second-order valence-corrected chi connectivity index (χ2v) is 7.94. The van der Waals surface area contributed by atoms with Crippen LogP contribution < -0.4 is 0 Å². The van der Waals surface area contributed by atoms with Crippen LogP contribution in [0.5, 0.6) is 0 Å². The van der Waals surface area contributed by atoms with Crippen molar-refractivity contribution in [3.63, 3.8) is 0 Å². The van der Waals surface area contributed by atoms with E-state index in [0.29, 0.717) is 10.0 Å². The standard InChI is InChI=1S/C23H16Cl2O2/c24-16-8-4-14(5-9-16)23(15-6-10-17(25)11-7-15)19-3-1-2-18(19)22-20(26)12-13-21(23)27-22/h1,3-13,21-22H,2H2/t21-,22-/m1/s1. The Morgan fingerprint density at radius 1 is 0.889 bits per heavy atom. The van der Waals surface area contributed by atoms with Crippen LogP contribution in [-0.2, 0) is 14.9 Å². The van der Waals surface area contributed by atoms with Gasteiger partial charge in [0.2, 0.25) is 0 Å². The van der Waals surface area contributed by atoms with Crippen molar-refractivity contribution < 1.29 is 9.53 Å². The number of hydrogen-bond acceptors (Lipinski definition) is 2. The molecule has 2 heterocycles. The molecule has 0 saturated heterocycles. The SMILES string of the molecule is O=C1C=C[C@H]2O[C@@H]1C1=C(C=CC1)C2(c1ccc(Cl)cc1)c1ccc(Cl)cc1. The second-order valence-electron chi connectivity index (χ2n) is 7.07. The molecule has 27 heavy (non-hydrogen) atoms. The van der Waals surface area contributed by atoms with Crippen LogP contribution in [0.2, 0.25) is 10.0 Å². The first-order valence-corrected chi connectivity index (χ1v) is 9.66. The summed E-state index contributed by atoms with van der Waals surface area (Å²) in [4.78, 5) is 12.4. The van der Waals surface area contributed by atoms with Crippen molar-refractivity contribution in [3.8, 4) is 0 Å². The number of halogens is 2. The molecule has 2 atom stereocenters. The van der Waals surface area contributed by atoms with Crippen LogP contribution in [0.1, 0.15) is 17.5 Å². The number of ketones is 1. The fourth-order valence-electron chi connectivity index (χ4n) is 4.57. The van der Waals surface area contributed by atoms with Gasteiger partial charge in [-0.25, -0.2) is 0 Å². The first-order valence-electron chi connectivity index (χ1n) is 8.90. The monoisotopic (exact) mass is 394 g/mol. The highest BCUT2D eigenvalue weighted by Crippen LogP contribution is 2.53. The molecule has 2 aromatic rings. The lowest BCUT2D eigenvalue weighted by Gasteiger charge is -2.48. The van der Waals surface area contributed by atoms with Gasteiger partial charge in [-0.2, -0.15) is 0 Å². The number of ether oxygens (including phenoxy) is 1. The minimum absolute atomic E-state index is 0.0169. The summed E-state index contributed by atoms with van der Waals surface area (Å²) in [7, 11) is 0. The van der Waals surface area contributed by atoms with Gasteiger partial charge in [-0.05, 0) is 59.0 Å². The van der Waals surface area contributed by atoms with Crippen molar-refractivity contribution in [1.29, 1.82) is 0 Å². The zero-order chi connectivity index (χ0) is 18.6. The third-order valence-electron chi connectivity index (χ3n) is 5.71. The molecule has 4 heteroatoms. The molecule has 134 valence electrons. The Hall–Kier alpha value is -2.13. The highest BCUT2D eigenvalue weighted by atomic mass is 35.5. The minimum Gasteiger partial charge on any atom is -0.357 e. The first-order chi connectivity index (χ1) is 13.1. The summed E-state index contributed by atoms with van der Waals surface area (Å²) in [6.07, 6.45) is 7.77. The molecule has 2 aliphatic heterocycles. The number of carbonyl (C=O) groups is 1. The number of rotatable bonds is 2. The summed E-state index contributed by atoms with van der Waals surface area (Å²) >= 11 is 12.3. The highest BCUT2D eigenvalue weighted by molar-refractivity contribution is 6.30. The summed E-state index contributed by atoms with van der Waals surface area (Å²) in [6.45, 7) is 0. The zero-order valence-corrected chi connectivity index (χ0v) is 15.9. The third-order valence-corrected chi connectivity index (χ3v) is 6.22. The average Bonchev–Trinajstić information content (AvgIpc) is 3.17. The quantitative estimate of drug-likeness (QED) is 0.677. The van der Waals surface area contributed by atoms with E-state index in [1.54, 1.807) is 6.08 Å².